The van der Waals surface area contributed by atoms with Crippen LogP contribution in [0.5, 0.6) is 5.75 Å². The van der Waals surface area contributed by atoms with E-state index in [0.29, 0.717) is 5.39 Å². The van der Waals surface area contributed by atoms with Crippen molar-refractivity contribution in [3.05, 3.63) is 39.9 Å². The summed E-state index contributed by atoms with van der Waals surface area (Å²) in [6.45, 7) is 4.10. The van der Waals surface area contributed by atoms with Crippen molar-refractivity contribution < 1.29 is 9.15 Å². The lowest BCUT2D eigenvalue weighted by atomic mass is 10.1. The van der Waals surface area contributed by atoms with Gasteiger partial charge in [-0.15, -0.1) is 0 Å². The minimum atomic E-state index is -0.272. The first-order valence-electron chi connectivity index (χ1n) is 6.77. The van der Waals surface area contributed by atoms with Gasteiger partial charge in [-0.2, -0.15) is 0 Å². The van der Waals surface area contributed by atoms with E-state index in [1.165, 1.54) is 0 Å². The van der Waals surface area contributed by atoms with Gasteiger partial charge in [-0.05, 0) is 37.1 Å². The van der Waals surface area contributed by atoms with Crippen molar-refractivity contribution in [2.24, 2.45) is 0 Å². The van der Waals surface area contributed by atoms with Crippen LogP contribution < -0.4 is 10.4 Å². The van der Waals surface area contributed by atoms with Crippen molar-refractivity contribution in [2.45, 2.75) is 39.5 Å². The Kier molecular flexibility index (Phi) is 4.25. The molecule has 0 N–H and O–H groups in total. The molecule has 0 saturated heterocycles. The fourth-order valence-corrected chi connectivity index (χ4v) is 2.29. The number of ether oxygens (including phenoxy) is 1. The largest absolute Gasteiger partial charge is 0.496 e. The maximum Gasteiger partial charge on any atom is 0.343 e. The van der Waals surface area contributed by atoms with E-state index in [0.717, 1.165) is 48.1 Å². The average Bonchev–Trinajstić information content (AvgIpc) is 2.39. The standard InChI is InChI=1S/C16H20O3/c1-4-5-6-7-12-10-13-14(16(17)19-12)8-11(2)9-15(13)18-3/h8-10H,4-7H2,1-3H3. The van der Waals surface area contributed by atoms with E-state index in [-0.39, 0.29) is 5.63 Å². The predicted octanol–water partition coefficient (Wildman–Crippen LogP) is 3.84. The third-order valence-corrected chi connectivity index (χ3v) is 3.28. The molecule has 0 spiro atoms. The number of aryl methyl sites for hydroxylation is 2. The molecule has 2 aromatic rings. The number of rotatable bonds is 5. The summed E-state index contributed by atoms with van der Waals surface area (Å²) in [5.74, 6) is 1.48. The van der Waals surface area contributed by atoms with Gasteiger partial charge in [0.25, 0.3) is 0 Å². The molecule has 0 aliphatic carbocycles. The minimum absolute atomic E-state index is 0.272. The first kappa shape index (κ1) is 13.7. The monoisotopic (exact) mass is 260 g/mol. The lowest BCUT2D eigenvalue weighted by Gasteiger charge is -2.08. The van der Waals surface area contributed by atoms with Crippen LogP contribution in [-0.2, 0) is 6.42 Å². The molecule has 0 aliphatic heterocycles. The van der Waals surface area contributed by atoms with E-state index in [4.69, 9.17) is 9.15 Å². The minimum Gasteiger partial charge on any atom is -0.496 e. The maximum atomic E-state index is 12.0. The molecule has 0 atom stereocenters. The Morgan fingerprint density at radius 3 is 2.63 bits per heavy atom. The normalized spacial score (nSPS) is 10.9. The van der Waals surface area contributed by atoms with Crippen molar-refractivity contribution in [1.29, 1.82) is 0 Å². The van der Waals surface area contributed by atoms with Gasteiger partial charge < -0.3 is 9.15 Å². The highest BCUT2D eigenvalue weighted by atomic mass is 16.5. The second-order valence-electron chi connectivity index (χ2n) is 4.89. The van der Waals surface area contributed by atoms with Crippen LogP contribution in [0, 0.1) is 6.92 Å². The van der Waals surface area contributed by atoms with Gasteiger partial charge in [0.15, 0.2) is 0 Å². The van der Waals surface area contributed by atoms with Crippen LogP contribution in [0.4, 0.5) is 0 Å². The molecule has 102 valence electrons. The number of benzene rings is 1. The van der Waals surface area contributed by atoms with Crippen LogP contribution >= 0.6 is 0 Å². The quantitative estimate of drug-likeness (QED) is 0.767. The van der Waals surface area contributed by atoms with E-state index in [2.05, 4.69) is 6.92 Å². The van der Waals surface area contributed by atoms with Gasteiger partial charge in [0.2, 0.25) is 0 Å². The van der Waals surface area contributed by atoms with Crippen molar-refractivity contribution >= 4 is 10.8 Å². The topological polar surface area (TPSA) is 39.4 Å². The molecule has 0 fully saturated rings. The molecule has 0 saturated carbocycles. The molecule has 1 heterocycles. The Morgan fingerprint density at radius 1 is 1.16 bits per heavy atom. The SMILES string of the molecule is CCCCCc1cc2c(OC)cc(C)cc2c(=O)o1. The van der Waals surface area contributed by atoms with Crippen LogP contribution in [0.15, 0.2) is 27.4 Å². The third kappa shape index (κ3) is 2.98. The predicted molar refractivity (Wildman–Crippen MR) is 77.0 cm³/mol. The molecule has 0 unspecified atom stereocenters. The smallest absolute Gasteiger partial charge is 0.343 e. The molecule has 19 heavy (non-hydrogen) atoms. The lowest BCUT2D eigenvalue weighted by Crippen LogP contribution is -2.04. The Labute approximate surface area is 113 Å². The summed E-state index contributed by atoms with van der Waals surface area (Å²) in [4.78, 5) is 12.0. The molecule has 0 bridgehead atoms. The number of unbranched alkanes of at least 4 members (excludes halogenated alkanes) is 2. The maximum absolute atomic E-state index is 12.0. The molecular formula is C16H20O3. The molecule has 0 radical (unpaired) electrons. The summed E-state index contributed by atoms with van der Waals surface area (Å²) in [7, 11) is 1.62. The van der Waals surface area contributed by atoms with Gasteiger partial charge in [-0.25, -0.2) is 4.79 Å². The molecule has 3 nitrogen and oxygen atoms in total. The number of methoxy groups -OCH3 is 1. The molecular weight excluding hydrogens is 240 g/mol. The third-order valence-electron chi connectivity index (χ3n) is 3.28. The van der Waals surface area contributed by atoms with Gasteiger partial charge in [-0.1, -0.05) is 19.8 Å². The Balaban J connectivity index is 2.49. The van der Waals surface area contributed by atoms with E-state index < -0.39 is 0 Å². The van der Waals surface area contributed by atoms with Crippen LogP contribution in [0.2, 0.25) is 0 Å². The molecule has 0 aliphatic rings. The number of fused-ring (bicyclic) bond motifs is 1. The molecule has 2 rings (SSSR count). The molecule has 0 amide bonds. The lowest BCUT2D eigenvalue weighted by molar-refractivity contribution is 0.417. The molecule has 3 heteroatoms. The number of hydrogen-bond donors (Lipinski definition) is 0. The van der Waals surface area contributed by atoms with E-state index in [9.17, 15) is 4.79 Å². The summed E-state index contributed by atoms with van der Waals surface area (Å²) in [6, 6.07) is 5.72. The van der Waals surface area contributed by atoms with Gasteiger partial charge in [0.1, 0.15) is 11.5 Å². The highest BCUT2D eigenvalue weighted by Crippen LogP contribution is 2.26. The van der Waals surface area contributed by atoms with Crippen LogP contribution in [0.1, 0.15) is 37.5 Å². The Bertz CT molecular complexity index is 626. The fraction of sp³-hybridized carbons (Fsp3) is 0.438. The van der Waals surface area contributed by atoms with Gasteiger partial charge in [0, 0.05) is 11.8 Å². The first-order valence-corrected chi connectivity index (χ1v) is 6.77. The highest BCUT2D eigenvalue weighted by molar-refractivity contribution is 5.88. The number of hydrogen-bond acceptors (Lipinski definition) is 3. The fourth-order valence-electron chi connectivity index (χ4n) is 2.29. The van der Waals surface area contributed by atoms with Crippen molar-refractivity contribution in [3.63, 3.8) is 0 Å². The van der Waals surface area contributed by atoms with Crippen LogP contribution in [0.3, 0.4) is 0 Å². The second kappa shape index (κ2) is 5.91. The molecule has 1 aromatic carbocycles. The zero-order valence-corrected chi connectivity index (χ0v) is 11.8. The zero-order chi connectivity index (χ0) is 13.8. The summed E-state index contributed by atoms with van der Waals surface area (Å²) in [6.07, 6.45) is 4.14. The first-order chi connectivity index (χ1) is 9.15. The summed E-state index contributed by atoms with van der Waals surface area (Å²) in [5, 5.41) is 1.44. The van der Waals surface area contributed by atoms with Crippen molar-refractivity contribution in [1.82, 2.24) is 0 Å². The Hall–Kier alpha value is -1.77. The molecule has 1 aromatic heterocycles. The van der Waals surface area contributed by atoms with Crippen LogP contribution in [0.25, 0.3) is 10.8 Å². The Morgan fingerprint density at radius 2 is 1.95 bits per heavy atom. The van der Waals surface area contributed by atoms with E-state index in [1.54, 1.807) is 7.11 Å². The van der Waals surface area contributed by atoms with Crippen LogP contribution in [-0.4, -0.2) is 7.11 Å². The average molecular weight is 260 g/mol. The van der Waals surface area contributed by atoms with Gasteiger partial charge in [-0.3, -0.25) is 0 Å². The van der Waals surface area contributed by atoms with E-state index in [1.807, 2.05) is 25.1 Å². The van der Waals surface area contributed by atoms with Gasteiger partial charge in [0.05, 0.1) is 12.5 Å². The van der Waals surface area contributed by atoms with Crippen molar-refractivity contribution in [3.8, 4) is 5.75 Å². The summed E-state index contributed by atoms with van der Waals surface area (Å²) < 4.78 is 10.7. The highest BCUT2D eigenvalue weighted by Gasteiger charge is 2.10. The van der Waals surface area contributed by atoms with Gasteiger partial charge >= 0.3 is 5.63 Å². The zero-order valence-electron chi connectivity index (χ0n) is 11.8. The van der Waals surface area contributed by atoms with Crippen molar-refractivity contribution in [2.75, 3.05) is 7.11 Å². The summed E-state index contributed by atoms with van der Waals surface area (Å²) >= 11 is 0. The second-order valence-corrected chi connectivity index (χ2v) is 4.89. The van der Waals surface area contributed by atoms with E-state index >= 15 is 0 Å². The summed E-state index contributed by atoms with van der Waals surface area (Å²) in [5.41, 5.74) is 0.724.